The van der Waals surface area contributed by atoms with E-state index in [-0.39, 0.29) is 12.1 Å². The van der Waals surface area contributed by atoms with Crippen molar-refractivity contribution in [3.05, 3.63) is 77.3 Å². The van der Waals surface area contributed by atoms with Gasteiger partial charge in [0.15, 0.2) is 0 Å². The van der Waals surface area contributed by atoms with E-state index in [1.54, 1.807) is 4.90 Å². The average molecular weight is 431 g/mol. The number of aromatic nitrogens is 2. The summed E-state index contributed by atoms with van der Waals surface area (Å²) in [5, 5.41) is 7.40. The van der Waals surface area contributed by atoms with Crippen LogP contribution in [0.25, 0.3) is 17.0 Å². The standard InChI is InChI=1S/C26H30N4O2/c1-4-6-10-17-30-18(3)22(25-28-24(29-32-25)21-11-8-7-9-12-21)23(27-26(30)31)20-15-13-19(5-2)14-16-20/h7-9,11-16,23H,4-6,10,17H2,1-3H3,(H,27,31). The summed E-state index contributed by atoms with van der Waals surface area (Å²) in [5.41, 5.74) is 4.85. The molecule has 0 spiro atoms. The predicted octanol–water partition coefficient (Wildman–Crippen LogP) is 5.99. The quantitative estimate of drug-likeness (QED) is 0.446. The highest BCUT2D eigenvalue weighted by atomic mass is 16.5. The van der Waals surface area contributed by atoms with Crippen molar-refractivity contribution in [2.45, 2.75) is 52.5 Å². The molecule has 32 heavy (non-hydrogen) atoms. The lowest BCUT2D eigenvalue weighted by molar-refractivity contribution is 0.204. The molecule has 2 amide bonds. The molecule has 0 radical (unpaired) electrons. The number of carbonyl (C=O) groups is 1. The Morgan fingerprint density at radius 3 is 2.47 bits per heavy atom. The molecule has 2 aromatic carbocycles. The van der Waals surface area contributed by atoms with E-state index in [1.165, 1.54) is 5.56 Å². The zero-order chi connectivity index (χ0) is 22.5. The molecular weight excluding hydrogens is 400 g/mol. The molecule has 0 aliphatic carbocycles. The molecule has 4 rings (SSSR count). The monoisotopic (exact) mass is 430 g/mol. The number of nitrogens with one attached hydrogen (secondary N) is 1. The van der Waals surface area contributed by atoms with Crippen LogP contribution in [-0.2, 0) is 6.42 Å². The molecule has 1 aromatic heterocycles. The van der Waals surface area contributed by atoms with Gasteiger partial charge in [-0.05, 0) is 30.9 Å². The number of aryl methyl sites for hydroxylation is 1. The van der Waals surface area contributed by atoms with Gasteiger partial charge in [-0.3, -0.25) is 4.90 Å². The predicted molar refractivity (Wildman–Crippen MR) is 126 cm³/mol. The van der Waals surface area contributed by atoms with Crippen LogP contribution in [0.1, 0.15) is 63.1 Å². The number of hydrogen-bond donors (Lipinski definition) is 1. The number of amides is 2. The van der Waals surface area contributed by atoms with E-state index in [1.807, 2.05) is 37.3 Å². The fourth-order valence-electron chi connectivity index (χ4n) is 4.08. The lowest BCUT2D eigenvalue weighted by atomic mass is 9.93. The van der Waals surface area contributed by atoms with E-state index >= 15 is 0 Å². The molecule has 0 fully saturated rings. The zero-order valence-corrected chi connectivity index (χ0v) is 19.0. The van der Waals surface area contributed by atoms with Gasteiger partial charge in [-0.1, -0.05) is 86.4 Å². The van der Waals surface area contributed by atoms with E-state index < -0.39 is 0 Å². The summed E-state index contributed by atoms with van der Waals surface area (Å²) in [6.07, 6.45) is 4.09. The van der Waals surface area contributed by atoms with E-state index in [2.05, 4.69) is 48.6 Å². The second-order valence-electron chi connectivity index (χ2n) is 8.12. The Bertz CT molecular complexity index is 1090. The van der Waals surface area contributed by atoms with E-state index in [4.69, 9.17) is 9.51 Å². The number of unbranched alkanes of at least 4 members (excludes halogenated alkanes) is 2. The van der Waals surface area contributed by atoms with E-state index in [0.29, 0.717) is 18.3 Å². The number of rotatable bonds is 8. The summed E-state index contributed by atoms with van der Waals surface area (Å²) in [4.78, 5) is 19.5. The summed E-state index contributed by atoms with van der Waals surface area (Å²) < 4.78 is 5.74. The number of allylic oxidation sites excluding steroid dienone is 1. The van der Waals surface area contributed by atoms with Crippen LogP contribution in [0.5, 0.6) is 0 Å². The molecule has 1 aliphatic heterocycles. The topological polar surface area (TPSA) is 71.3 Å². The summed E-state index contributed by atoms with van der Waals surface area (Å²) in [7, 11) is 0. The van der Waals surface area contributed by atoms with Crippen LogP contribution in [0.3, 0.4) is 0 Å². The van der Waals surface area contributed by atoms with Crippen molar-refractivity contribution < 1.29 is 9.32 Å². The Kier molecular flexibility index (Phi) is 6.69. The SMILES string of the molecule is CCCCCN1C(=O)NC(c2ccc(CC)cc2)C(c2nc(-c3ccccc3)no2)=C1C. The average Bonchev–Trinajstić information content (AvgIpc) is 3.31. The maximum atomic E-state index is 13.0. The number of benzene rings is 2. The van der Waals surface area contributed by atoms with Crippen molar-refractivity contribution in [1.82, 2.24) is 20.4 Å². The number of nitrogens with zero attached hydrogens (tertiary/aromatic N) is 3. The zero-order valence-electron chi connectivity index (χ0n) is 19.0. The molecule has 6 nitrogen and oxygen atoms in total. The first-order valence-electron chi connectivity index (χ1n) is 11.4. The fourth-order valence-corrected chi connectivity index (χ4v) is 4.08. The molecule has 3 aromatic rings. The molecular formula is C26H30N4O2. The van der Waals surface area contributed by atoms with Crippen LogP contribution in [0.15, 0.2) is 64.8 Å². The number of carbonyl (C=O) groups excluding carboxylic acids is 1. The first kappa shape index (κ1) is 21.8. The maximum Gasteiger partial charge on any atom is 0.322 e. The van der Waals surface area contributed by atoms with Crippen molar-refractivity contribution in [3.63, 3.8) is 0 Å². The maximum absolute atomic E-state index is 13.0. The fraction of sp³-hybridized carbons (Fsp3) is 0.346. The molecule has 1 unspecified atom stereocenters. The van der Waals surface area contributed by atoms with Crippen molar-refractivity contribution in [2.24, 2.45) is 0 Å². The van der Waals surface area contributed by atoms with Gasteiger partial charge in [0.25, 0.3) is 5.89 Å². The van der Waals surface area contributed by atoms with Crippen LogP contribution in [0, 0.1) is 0 Å². The Labute approximate surface area is 189 Å². The third-order valence-electron chi connectivity index (χ3n) is 5.99. The first-order chi connectivity index (χ1) is 15.6. The van der Waals surface area contributed by atoms with Crippen LogP contribution in [-0.4, -0.2) is 27.6 Å². The van der Waals surface area contributed by atoms with Crippen LogP contribution >= 0.6 is 0 Å². The van der Waals surface area contributed by atoms with Gasteiger partial charge in [0.2, 0.25) is 5.82 Å². The highest BCUT2D eigenvalue weighted by Gasteiger charge is 2.35. The van der Waals surface area contributed by atoms with Crippen molar-refractivity contribution >= 4 is 11.6 Å². The summed E-state index contributed by atoms with van der Waals surface area (Å²) in [6, 6.07) is 17.7. The third-order valence-corrected chi connectivity index (χ3v) is 5.99. The minimum absolute atomic E-state index is 0.0882. The molecule has 0 bridgehead atoms. The minimum Gasteiger partial charge on any atom is -0.334 e. The highest BCUT2D eigenvalue weighted by Crippen LogP contribution is 2.37. The Hall–Kier alpha value is -3.41. The lowest BCUT2D eigenvalue weighted by Gasteiger charge is -2.35. The van der Waals surface area contributed by atoms with Gasteiger partial charge in [0, 0.05) is 17.8 Å². The van der Waals surface area contributed by atoms with Gasteiger partial charge in [-0.15, -0.1) is 0 Å². The van der Waals surface area contributed by atoms with Crippen molar-refractivity contribution in [3.8, 4) is 11.4 Å². The second kappa shape index (κ2) is 9.81. The molecule has 1 N–H and O–H groups in total. The largest absolute Gasteiger partial charge is 0.334 e. The smallest absolute Gasteiger partial charge is 0.322 e. The van der Waals surface area contributed by atoms with Crippen molar-refractivity contribution in [1.29, 1.82) is 0 Å². The normalized spacial score (nSPS) is 16.4. The first-order valence-corrected chi connectivity index (χ1v) is 11.4. The van der Waals surface area contributed by atoms with Gasteiger partial charge < -0.3 is 9.84 Å². The summed E-state index contributed by atoms with van der Waals surface area (Å²) in [5.74, 6) is 0.974. The van der Waals surface area contributed by atoms with Crippen LogP contribution in [0.2, 0.25) is 0 Å². The van der Waals surface area contributed by atoms with E-state index in [0.717, 1.165) is 48.1 Å². The Morgan fingerprint density at radius 1 is 1.03 bits per heavy atom. The van der Waals surface area contributed by atoms with Gasteiger partial charge in [0.1, 0.15) is 0 Å². The van der Waals surface area contributed by atoms with Gasteiger partial charge in [-0.25, -0.2) is 4.79 Å². The summed E-state index contributed by atoms with van der Waals surface area (Å²) in [6.45, 7) is 6.92. The van der Waals surface area contributed by atoms with Crippen LogP contribution in [0.4, 0.5) is 4.79 Å². The third kappa shape index (κ3) is 4.44. The number of hydrogen-bond acceptors (Lipinski definition) is 4. The summed E-state index contributed by atoms with van der Waals surface area (Å²) >= 11 is 0. The molecule has 0 saturated carbocycles. The highest BCUT2D eigenvalue weighted by molar-refractivity contribution is 5.86. The molecule has 6 heteroatoms. The van der Waals surface area contributed by atoms with E-state index in [9.17, 15) is 4.79 Å². The Balaban J connectivity index is 1.76. The number of urea groups is 1. The molecule has 0 saturated heterocycles. The van der Waals surface area contributed by atoms with Crippen molar-refractivity contribution in [2.75, 3.05) is 6.54 Å². The lowest BCUT2D eigenvalue weighted by Crippen LogP contribution is -2.46. The van der Waals surface area contributed by atoms with Gasteiger partial charge >= 0.3 is 6.03 Å². The molecule has 1 aliphatic rings. The minimum atomic E-state index is -0.347. The van der Waals surface area contributed by atoms with Crippen LogP contribution < -0.4 is 5.32 Å². The van der Waals surface area contributed by atoms with Gasteiger partial charge in [-0.2, -0.15) is 4.98 Å². The Morgan fingerprint density at radius 2 is 1.78 bits per heavy atom. The molecule has 1 atom stereocenters. The molecule has 166 valence electrons. The second-order valence-corrected chi connectivity index (χ2v) is 8.12. The molecule has 2 heterocycles. The van der Waals surface area contributed by atoms with Gasteiger partial charge in [0.05, 0.1) is 11.6 Å².